The molecule has 2 aromatic heterocycles. The lowest BCUT2D eigenvalue weighted by atomic mass is 10.4. The van der Waals surface area contributed by atoms with Gasteiger partial charge in [0, 0.05) is 17.8 Å². The van der Waals surface area contributed by atoms with Crippen molar-refractivity contribution in [3.63, 3.8) is 0 Å². The van der Waals surface area contributed by atoms with Crippen molar-refractivity contribution in [1.82, 2.24) is 15.0 Å². The van der Waals surface area contributed by atoms with Crippen LogP contribution < -0.4 is 5.32 Å². The van der Waals surface area contributed by atoms with Crippen molar-refractivity contribution in [2.24, 2.45) is 0 Å². The first kappa shape index (κ1) is 11.9. The summed E-state index contributed by atoms with van der Waals surface area (Å²) in [7, 11) is 0. The van der Waals surface area contributed by atoms with Gasteiger partial charge in [0.15, 0.2) is 17.2 Å². The Kier molecular flexibility index (Phi) is 3.45. The van der Waals surface area contributed by atoms with E-state index in [2.05, 4.69) is 20.3 Å². The summed E-state index contributed by atoms with van der Waals surface area (Å²) >= 11 is 1.23. The predicted molar refractivity (Wildman–Crippen MR) is 63.1 cm³/mol. The highest BCUT2D eigenvalue weighted by atomic mass is 32.1. The van der Waals surface area contributed by atoms with Gasteiger partial charge in [0.1, 0.15) is 11.1 Å². The highest BCUT2D eigenvalue weighted by Crippen LogP contribution is 2.13. The lowest BCUT2D eigenvalue weighted by Crippen LogP contribution is -2.05. The zero-order chi connectivity index (χ0) is 13.0. The van der Waals surface area contributed by atoms with Crippen molar-refractivity contribution < 1.29 is 9.90 Å². The zero-order valence-electron chi connectivity index (χ0n) is 8.99. The van der Waals surface area contributed by atoms with Crippen molar-refractivity contribution in [1.29, 1.82) is 5.26 Å². The monoisotopic (exact) mass is 261 g/mol. The molecule has 2 N–H and O–H groups in total. The van der Waals surface area contributed by atoms with E-state index in [1.165, 1.54) is 29.1 Å². The largest absolute Gasteiger partial charge is 0.476 e. The van der Waals surface area contributed by atoms with Gasteiger partial charge in [0.2, 0.25) is 0 Å². The molecule has 0 aliphatic heterocycles. The maximum Gasteiger partial charge on any atom is 0.355 e. The Hall–Kier alpha value is -2.53. The Morgan fingerprint density at radius 1 is 1.50 bits per heavy atom. The molecule has 0 aromatic carbocycles. The quantitative estimate of drug-likeness (QED) is 0.847. The van der Waals surface area contributed by atoms with Crippen LogP contribution in [-0.4, -0.2) is 26.0 Å². The Balaban J connectivity index is 2.07. The van der Waals surface area contributed by atoms with E-state index >= 15 is 0 Å². The summed E-state index contributed by atoms with van der Waals surface area (Å²) in [5.74, 6) is -0.707. The van der Waals surface area contributed by atoms with E-state index < -0.39 is 5.97 Å². The van der Waals surface area contributed by atoms with E-state index in [0.717, 1.165) is 0 Å². The Morgan fingerprint density at radius 3 is 2.94 bits per heavy atom. The Bertz CT molecular complexity index is 619. The smallest absolute Gasteiger partial charge is 0.355 e. The first-order valence-electron chi connectivity index (χ1n) is 4.83. The lowest BCUT2D eigenvalue weighted by Gasteiger charge is -2.03. The summed E-state index contributed by atoms with van der Waals surface area (Å²) in [6.45, 7) is 0.297. The van der Waals surface area contributed by atoms with Gasteiger partial charge >= 0.3 is 5.97 Å². The van der Waals surface area contributed by atoms with Gasteiger partial charge in [-0.15, -0.1) is 11.3 Å². The number of nitriles is 1. The number of carboxylic acid groups (broad SMARTS) is 1. The predicted octanol–water partition coefficient (Wildman–Crippen LogP) is 1.12. The molecule has 0 aliphatic rings. The van der Waals surface area contributed by atoms with Gasteiger partial charge in [0.05, 0.1) is 6.54 Å². The number of nitrogens with zero attached hydrogens (tertiary/aromatic N) is 4. The molecular formula is C10H7N5O2S. The normalized spacial score (nSPS) is 9.72. The number of hydrogen-bond acceptors (Lipinski definition) is 7. The van der Waals surface area contributed by atoms with Crippen LogP contribution in [0.2, 0.25) is 0 Å². The van der Waals surface area contributed by atoms with Crippen molar-refractivity contribution >= 4 is 23.1 Å². The standard InChI is InChI=1S/C10H7N5O2S/c11-3-6-9(13-2-1-12-6)14-4-8-15-7(5-18-8)10(16)17/h1-2,5H,4H2,(H,13,14)(H,16,17). The van der Waals surface area contributed by atoms with Crippen molar-refractivity contribution in [3.8, 4) is 6.07 Å². The molecule has 0 saturated heterocycles. The summed E-state index contributed by atoms with van der Waals surface area (Å²) in [4.78, 5) is 22.4. The molecule has 0 saturated carbocycles. The number of aromatic carboxylic acids is 1. The second-order valence-electron chi connectivity index (χ2n) is 3.15. The molecule has 0 fully saturated rings. The molecule has 0 radical (unpaired) electrons. The fraction of sp³-hybridized carbons (Fsp3) is 0.100. The van der Waals surface area contributed by atoms with Crippen LogP contribution in [-0.2, 0) is 6.54 Å². The van der Waals surface area contributed by atoms with E-state index in [0.29, 0.717) is 17.4 Å². The average molecular weight is 261 g/mol. The van der Waals surface area contributed by atoms with Crippen LogP contribution in [0, 0.1) is 11.3 Å². The minimum atomic E-state index is -1.06. The zero-order valence-corrected chi connectivity index (χ0v) is 9.81. The van der Waals surface area contributed by atoms with Gasteiger partial charge in [-0.05, 0) is 0 Å². The van der Waals surface area contributed by atoms with Crippen LogP contribution >= 0.6 is 11.3 Å². The molecule has 2 heterocycles. The van der Waals surface area contributed by atoms with Crippen LogP contribution in [0.3, 0.4) is 0 Å². The summed E-state index contributed by atoms with van der Waals surface area (Å²) in [6.07, 6.45) is 2.89. The molecule has 18 heavy (non-hydrogen) atoms. The average Bonchev–Trinajstić information content (AvgIpc) is 2.85. The van der Waals surface area contributed by atoms with Crippen LogP contribution in [0.15, 0.2) is 17.8 Å². The highest BCUT2D eigenvalue weighted by molar-refractivity contribution is 7.09. The van der Waals surface area contributed by atoms with Gasteiger partial charge < -0.3 is 10.4 Å². The Morgan fingerprint density at radius 2 is 2.28 bits per heavy atom. The first-order chi connectivity index (χ1) is 8.70. The van der Waals surface area contributed by atoms with Gasteiger partial charge in [-0.2, -0.15) is 5.26 Å². The van der Waals surface area contributed by atoms with Crippen molar-refractivity contribution in [3.05, 3.63) is 34.2 Å². The number of carbonyl (C=O) groups is 1. The summed E-state index contributed by atoms with van der Waals surface area (Å²) in [5, 5.41) is 22.5. The summed E-state index contributed by atoms with van der Waals surface area (Å²) < 4.78 is 0. The number of carboxylic acids is 1. The summed E-state index contributed by atoms with van der Waals surface area (Å²) in [5.41, 5.74) is 0.198. The van der Waals surface area contributed by atoms with E-state index in [-0.39, 0.29) is 11.4 Å². The third-order valence-corrected chi connectivity index (χ3v) is 2.83. The third kappa shape index (κ3) is 2.58. The third-order valence-electron chi connectivity index (χ3n) is 1.98. The molecular weight excluding hydrogens is 254 g/mol. The van der Waals surface area contributed by atoms with Crippen LogP contribution in [0.4, 0.5) is 5.82 Å². The van der Waals surface area contributed by atoms with E-state index in [4.69, 9.17) is 10.4 Å². The molecule has 7 nitrogen and oxygen atoms in total. The maximum absolute atomic E-state index is 10.6. The fourth-order valence-electron chi connectivity index (χ4n) is 1.20. The number of aromatic nitrogens is 3. The lowest BCUT2D eigenvalue weighted by molar-refractivity contribution is 0.0691. The second kappa shape index (κ2) is 5.20. The van der Waals surface area contributed by atoms with E-state index in [9.17, 15) is 4.79 Å². The Labute approximate surface area is 106 Å². The van der Waals surface area contributed by atoms with E-state index in [1.54, 1.807) is 0 Å². The molecule has 8 heteroatoms. The van der Waals surface area contributed by atoms with Crippen LogP contribution in [0.5, 0.6) is 0 Å². The molecule has 90 valence electrons. The number of rotatable bonds is 4. The molecule has 0 atom stereocenters. The molecule has 0 spiro atoms. The van der Waals surface area contributed by atoms with Crippen molar-refractivity contribution in [2.45, 2.75) is 6.54 Å². The fourth-order valence-corrected chi connectivity index (χ4v) is 1.91. The molecule has 0 bridgehead atoms. The molecule has 2 aromatic rings. The molecule has 0 aliphatic carbocycles. The maximum atomic E-state index is 10.6. The molecule has 0 amide bonds. The summed E-state index contributed by atoms with van der Waals surface area (Å²) in [6, 6.07) is 1.91. The highest BCUT2D eigenvalue weighted by Gasteiger charge is 2.09. The van der Waals surface area contributed by atoms with E-state index in [1.807, 2.05) is 6.07 Å². The van der Waals surface area contributed by atoms with Crippen molar-refractivity contribution in [2.75, 3.05) is 5.32 Å². The second-order valence-corrected chi connectivity index (χ2v) is 4.09. The minimum absolute atomic E-state index is 0.0106. The molecule has 0 unspecified atom stereocenters. The minimum Gasteiger partial charge on any atom is -0.476 e. The molecule has 2 rings (SSSR count). The number of hydrogen-bond donors (Lipinski definition) is 2. The van der Waals surface area contributed by atoms with Crippen LogP contribution in [0.1, 0.15) is 21.2 Å². The number of nitrogens with one attached hydrogen (secondary N) is 1. The topological polar surface area (TPSA) is 112 Å². The van der Waals surface area contributed by atoms with Gasteiger partial charge in [0.25, 0.3) is 0 Å². The van der Waals surface area contributed by atoms with Gasteiger partial charge in [-0.1, -0.05) is 0 Å². The van der Waals surface area contributed by atoms with Crippen LogP contribution in [0.25, 0.3) is 0 Å². The number of thiazole rings is 1. The van der Waals surface area contributed by atoms with Gasteiger partial charge in [-0.3, -0.25) is 0 Å². The van der Waals surface area contributed by atoms with Gasteiger partial charge in [-0.25, -0.2) is 19.7 Å². The SMILES string of the molecule is N#Cc1nccnc1NCc1nc(C(=O)O)cs1. The number of anilines is 1. The first-order valence-corrected chi connectivity index (χ1v) is 5.71.